The molecule has 128 valence electrons. The summed E-state index contributed by atoms with van der Waals surface area (Å²) in [6.45, 7) is 1.53. The number of fused-ring (bicyclic) bond motifs is 1. The standard InChI is InChI=1S/C13H18N8O3/c1-3-13(4-22)9(19-20-15)8(23-2)12(24-13)21-6-18-7-10(14)16-5-17-11(7)21/h5-6,8-9,12,22H,3-4H2,1-2H3,(H2,14,16,17)/t8?,9?,12-,13-/m1/s1. The van der Waals surface area contributed by atoms with E-state index in [0.717, 1.165) is 0 Å². The zero-order chi connectivity index (χ0) is 17.3. The molecular weight excluding hydrogens is 316 g/mol. The van der Waals surface area contributed by atoms with Crippen LogP contribution in [0.4, 0.5) is 5.82 Å². The van der Waals surface area contributed by atoms with Crippen molar-refractivity contribution < 1.29 is 14.6 Å². The summed E-state index contributed by atoms with van der Waals surface area (Å²) in [6.07, 6.45) is 1.98. The van der Waals surface area contributed by atoms with Crippen molar-refractivity contribution in [3.63, 3.8) is 0 Å². The molecule has 3 heterocycles. The minimum Gasteiger partial charge on any atom is -0.393 e. The molecule has 24 heavy (non-hydrogen) atoms. The molecule has 2 unspecified atom stereocenters. The maximum atomic E-state index is 9.87. The van der Waals surface area contributed by atoms with Crippen LogP contribution in [0.3, 0.4) is 0 Å². The highest BCUT2D eigenvalue weighted by Gasteiger charge is 2.55. The van der Waals surface area contributed by atoms with Gasteiger partial charge >= 0.3 is 0 Å². The normalized spacial score (nSPS) is 29.7. The second kappa shape index (κ2) is 6.21. The number of hydrogen-bond acceptors (Lipinski definition) is 8. The Hall–Kier alpha value is -2.46. The first-order chi connectivity index (χ1) is 11.6. The summed E-state index contributed by atoms with van der Waals surface area (Å²) in [5.74, 6) is 0.251. The fourth-order valence-electron chi connectivity index (χ4n) is 3.11. The first kappa shape index (κ1) is 16.4. The Bertz CT molecular complexity index is 783. The summed E-state index contributed by atoms with van der Waals surface area (Å²) >= 11 is 0. The van der Waals surface area contributed by atoms with Gasteiger partial charge in [0.25, 0.3) is 0 Å². The molecule has 11 heteroatoms. The van der Waals surface area contributed by atoms with Gasteiger partial charge in [-0.25, -0.2) is 15.0 Å². The predicted octanol–water partition coefficient (Wildman–Crippen LogP) is 0.772. The molecule has 4 atom stereocenters. The Balaban J connectivity index is 2.12. The van der Waals surface area contributed by atoms with Gasteiger partial charge in [0, 0.05) is 12.0 Å². The molecule has 11 nitrogen and oxygen atoms in total. The van der Waals surface area contributed by atoms with Crippen LogP contribution in [0, 0.1) is 0 Å². The van der Waals surface area contributed by atoms with Crippen molar-refractivity contribution >= 4 is 17.0 Å². The van der Waals surface area contributed by atoms with Gasteiger partial charge in [-0.15, -0.1) is 0 Å². The van der Waals surface area contributed by atoms with Gasteiger partial charge in [0.1, 0.15) is 23.5 Å². The molecule has 2 aromatic rings. The minimum atomic E-state index is -1.05. The van der Waals surface area contributed by atoms with Gasteiger partial charge in [-0.2, -0.15) is 0 Å². The van der Waals surface area contributed by atoms with Gasteiger partial charge < -0.3 is 20.3 Å². The molecule has 2 aromatic heterocycles. The van der Waals surface area contributed by atoms with E-state index in [0.29, 0.717) is 17.6 Å². The maximum Gasteiger partial charge on any atom is 0.167 e. The van der Waals surface area contributed by atoms with Crippen LogP contribution in [0.5, 0.6) is 0 Å². The Morgan fingerprint density at radius 2 is 2.33 bits per heavy atom. The van der Waals surface area contributed by atoms with Crippen molar-refractivity contribution in [3.05, 3.63) is 23.1 Å². The molecule has 0 saturated carbocycles. The molecule has 0 spiro atoms. The van der Waals surface area contributed by atoms with Gasteiger partial charge in [0.2, 0.25) is 0 Å². The highest BCUT2D eigenvalue weighted by molar-refractivity contribution is 5.81. The van der Waals surface area contributed by atoms with Crippen molar-refractivity contribution in [2.45, 2.75) is 37.3 Å². The highest BCUT2D eigenvalue weighted by atomic mass is 16.6. The average Bonchev–Trinajstić information content (AvgIpc) is 3.15. The molecule has 0 aliphatic carbocycles. The quantitative estimate of drug-likeness (QED) is 0.464. The fraction of sp³-hybridized carbons (Fsp3) is 0.615. The van der Waals surface area contributed by atoms with Crippen LogP contribution in [0.15, 0.2) is 17.8 Å². The summed E-state index contributed by atoms with van der Waals surface area (Å²) in [5.41, 5.74) is 14.6. The van der Waals surface area contributed by atoms with Crippen LogP contribution in [-0.2, 0) is 9.47 Å². The van der Waals surface area contributed by atoms with Gasteiger partial charge in [0.05, 0.1) is 19.0 Å². The van der Waals surface area contributed by atoms with E-state index in [9.17, 15) is 5.11 Å². The summed E-state index contributed by atoms with van der Waals surface area (Å²) in [5, 5.41) is 13.7. The molecule has 1 aliphatic rings. The largest absolute Gasteiger partial charge is 0.393 e. The number of nitrogen functional groups attached to an aromatic ring is 1. The SMILES string of the molecule is CC[C@]1(CO)O[C@@H](n2cnc3c(N)ncnc32)C(OC)C1N=[N+]=[N-]. The Morgan fingerprint density at radius 1 is 1.54 bits per heavy atom. The fourth-order valence-corrected chi connectivity index (χ4v) is 3.11. The van der Waals surface area contributed by atoms with E-state index in [1.165, 1.54) is 19.8 Å². The Kier molecular flexibility index (Phi) is 4.24. The molecular formula is C13H18N8O3. The number of nitrogens with two attached hydrogens (primary N) is 1. The van der Waals surface area contributed by atoms with Gasteiger partial charge in [-0.3, -0.25) is 4.57 Å². The lowest BCUT2D eigenvalue weighted by atomic mass is 9.91. The monoisotopic (exact) mass is 334 g/mol. The number of imidazole rings is 1. The highest BCUT2D eigenvalue weighted by Crippen LogP contribution is 2.43. The molecule has 1 fully saturated rings. The molecule has 3 rings (SSSR count). The topological polar surface area (TPSA) is 157 Å². The predicted molar refractivity (Wildman–Crippen MR) is 83.7 cm³/mol. The van der Waals surface area contributed by atoms with Crippen LogP contribution >= 0.6 is 0 Å². The number of aromatic nitrogens is 4. The third kappa shape index (κ3) is 2.26. The first-order valence-corrected chi connectivity index (χ1v) is 7.40. The van der Waals surface area contributed by atoms with E-state index in [1.54, 1.807) is 4.57 Å². The number of hydrogen-bond donors (Lipinski definition) is 2. The summed E-state index contributed by atoms with van der Waals surface area (Å²) in [4.78, 5) is 15.2. The van der Waals surface area contributed by atoms with E-state index in [1.807, 2.05) is 6.92 Å². The van der Waals surface area contributed by atoms with E-state index in [2.05, 4.69) is 25.0 Å². The van der Waals surface area contributed by atoms with Crippen LogP contribution in [0.2, 0.25) is 0 Å². The molecule has 0 radical (unpaired) electrons. The Morgan fingerprint density at radius 3 is 2.96 bits per heavy atom. The number of aliphatic hydroxyl groups is 1. The van der Waals surface area contributed by atoms with Crippen molar-refractivity contribution in [2.24, 2.45) is 5.11 Å². The average molecular weight is 334 g/mol. The lowest BCUT2D eigenvalue weighted by molar-refractivity contribution is -0.114. The minimum absolute atomic E-state index is 0.251. The van der Waals surface area contributed by atoms with E-state index < -0.39 is 24.0 Å². The van der Waals surface area contributed by atoms with Gasteiger partial charge in [-0.1, -0.05) is 12.0 Å². The van der Waals surface area contributed by atoms with Crippen molar-refractivity contribution in [1.29, 1.82) is 0 Å². The van der Waals surface area contributed by atoms with Gasteiger partial charge in [-0.05, 0) is 12.0 Å². The molecule has 3 N–H and O–H groups in total. The number of nitrogens with zero attached hydrogens (tertiary/aromatic N) is 7. The molecule has 0 bridgehead atoms. The number of anilines is 1. The second-order valence-corrected chi connectivity index (χ2v) is 5.52. The molecule has 1 aliphatic heterocycles. The van der Waals surface area contributed by atoms with E-state index in [4.69, 9.17) is 20.7 Å². The summed E-state index contributed by atoms with van der Waals surface area (Å²) in [6, 6.07) is -0.705. The number of rotatable bonds is 5. The third-order valence-electron chi connectivity index (χ3n) is 4.46. The first-order valence-electron chi connectivity index (χ1n) is 7.40. The summed E-state index contributed by atoms with van der Waals surface area (Å²) < 4.78 is 13.3. The van der Waals surface area contributed by atoms with Crippen molar-refractivity contribution in [1.82, 2.24) is 19.5 Å². The third-order valence-corrected chi connectivity index (χ3v) is 4.46. The van der Waals surface area contributed by atoms with E-state index >= 15 is 0 Å². The van der Waals surface area contributed by atoms with Crippen LogP contribution < -0.4 is 5.73 Å². The molecule has 0 amide bonds. The van der Waals surface area contributed by atoms with Crippen LogP contribution in [-0.4, -0.2) is 56.1 Å². The number of methoxy groups -OCH3 is 1. The second-order valence-electron chi connectivity index (χ2n) is 5.52. The molecule has 0 aromatic carbocycles. The molecule has 1 saturated heterocycles. The smallest absolute Gasteiger partial charge is 0.167 e. The lowest BCUT2D eigenvalue weighted by Gasteiger charge is -2.29. The van der Waals surface area contributed by atoms with Crippen molar-refractivity contribution in [2.75, 3.05) is 19.5 Å². The number of aliphatic hydroxyl groups excluding tert-OH is 1. The van der Waals surface area contributed by atoms with Crippen molar-refractivity contribution in [3.8, 4) is 0 Å². The number of ether oxygens (including phenoxy) is 2. The Labute approximate surface area is 137 Å². The maximum absolute atomic E-state index is 9.87. The van der Waals surface area contributed by atoms with Gasteiger partial charge in [0.15, 0.2) is 17.7 Å². The van der Waals surface area contributed by atoms with E-state index in [-0.39, 0.29) is 12.4 Å². The van der Waals surface area contributed by atoms with Crippen LogP contribution in [0.1, 0.15) is 19.6 Å². The zero-order valence-electron chi connectivity index (χ0n) is 13.3. The summed E-state index contributed by atoms with van der Waals surface area (Å²) in [7, 11) is 1.49. The lowest BCUT2D eigenvalue weighted by Crippen LogP contribution is -2.44. The zero-order valence-corrected chi connectivity index (χ0v) is 13.3. The van der Waals surface area contributed by atoms with Crippen LogP contribution in [0.25, 0.3) is 21.6 Å². The number of azide groups is 1.